The number of carbonyl (C=O) groups excluding carboxylic acids is 1. The summed E-state index contributed by atoms with van der Waals surface area (Å²) in [5.74, 6) is -0.477. The van der Waals surface area contributed by atoms with E-state index in [0.29, 0.717) is 5.92 Å². The van der Waals surface area contributed by atoms with Crippen molar-refractivity contribution in [3.05, 3.63) is 35.4 Å². The normalized spacial score (nSPS) is 21.2. The fourth-order valence-electron chi connectivity index (χ4n) is 2.28. The number of carboxylic acids is 1. The van der Waals surface area contributed by atoms with E-state index < -0.39 is 5.97 Å². The number of carbonyl (C=O) groups is 2. The van der Waals surface area contributed by atoms with Gasteiger partial charge in [-0.05, 0) is 29.4 Å². The third-order valence-electron chi connectivity index (χ3n) is 3.57. The maximum atomic E-state index is 11.7. The molecule has 1 amide bonds. The molecule has 1 aromatic rings. The fourth-order valence-corrected chi connectivity index (χ4v) is 2.28. The first kappa shape index (κ1) is 13.6. The zero-order chi connectivity index (χ0) is 14.0. The topological polar surface area (TPSA) is 66.4 Å². The number of carboxylic acid groups (broad SMARTS) is 1. The van der Waals surface area contributed by atoms with E-state index in [1.807, 2.05) is 0 Å². The van der Waals surface area contributed by atoms with Crippen LogP contribution in [-0.4, -0.2) is 23.5 Å². The van der Waals surface area contributed by atoms with Gasteiger partial charge in [-0.3, -0.25) is 9.59 Å². The van der Waals surface area contributed by atoms with Crippen LogP contribution in [0.15, 0.2) is 24.3 Å². The van der Waals surface area contributed by atoms with Gasteiger partial charge in [0.15, 0.2) is 0 Å². The Labute approximate surface area is 112 Å². The van der Waals surface area contributed by atoms with Crippen LogP contribution >= 0.6 is 0 Å². The Balaban J connectivity index is 1.91. The van der Waals surface area contributed by atoms with Gasteiger partial charge in [-0.15, -0.1) is 0 Å². The molecule has 0 radical (unpaired) electrons. The minimum atomic E-state index is -1.01. The lowest BCUT2D eigenvalue weighted by Gasteiger charge is -2.06. The van der Waals surface area contributed by atoms with Gasteiger partial charge < -0.3 is 10.4 Å². The molecule has 0 spiro atoms. The van der Waals surface area contributed by atoms with Crippen LogP contribution in [0.3, 0.4) is 0 Å². The van der Waals surface area contributed by atoms with Crippen LogP contribution in [0.4, 0.5) is 0 Å². The number of amides is 1. The maximum Gasteiger partial charge on any atom is 0.322 e. The molecule has 0 aromatic heterocycles. The number of aliphatic carboxylic acids is 1. The Hall–Kier alpha value is -1.84. The predicted octanol–water partition coefficient (Wildman–Crippen LogP) is 2.11. The van der Waals surface area contributed by atoms with Crippen molar-refractivity contribution < 1.29 is 14.7 Å². The molecule has 1 aromatic carbocycles. The summed E-state index contributed by atoms with van der Waals surface area (Å²) in [6.07, 6.45) is 0.812. The van der Waals surface area contributed by atoms with Crippen molar-refractivity contribution in [1.29, 1.82) is 0 Å². The summed E-state index contributed by atoms with van der Waals surface area (Å²) in [4.78, 5) is 22.1. The van der Waals surface area contributed by atoms with Gasteiger partial charge >= 0.3 is 5.97 Å². The summed E-state index contributed by atoms with van der Waals surface area (Å²) in [6, 6.07) is 8.35. The minimum absolute atomic E-state index is 0.0655. The Morgan fingerprint density at radius 1 is 1.32 bits per heavy atom. The smallest absolute Gasteiger partial charge is 0.322 e. The molecule has 1 fully saturated rings. The van der Waals surface area contributed by atoms with Crippen molar-refractivity contribution in [1.82, 2.24) is 5.32 Å². The third kappa shape index (κ3) is 3.34. The summed E-state index contributed by atoms with van der Waals surface area (Å²) < 4.78 is 0. The summed E-state index contributed by atoms with van der Waals surface area (Å²) in [5, 5.41) is 11.0. The SMILES string of the molecule is CC(C)c1ccc([C@H]2C[C@H]2C(=O)NCC(=O)O)cc1. The molecule has 0 aliphatic heterocycles. The lowest BCUT2D eigenvalue weighted by atomic mass is 10.00. The molecule has 0 bridgehead atoms. The Morgan fingerprint density at radius 3 is 2.47 bits per heavy atom. The molecule has 2 atom stereocenters. The molecule has 0 saturated heterocycles. The van der Waals surface area contributed by atoms with Gasteiger partial charge in [0, 0.05) is 5.92 Å². The van der Waals surface area contributed by atoms with E-state index >= 15 is 0 Å². The summed E-state index contributed by atoms with van der Waals surface area (Å²) >= 11 is 0. The molecule has 1 aliphatic carbocycles. The van der Waals surface area contributed by atoms with Crippen LogP contribution in [0, 0.1) is 5.92 Å². The summed E-state index contributed by atoms with van der Waals surface area (Å²) in [7, 11) is 0. The fraction of sp³-hybridized carbons (Fsp3) is 0.467. The van der Waals surface area contributed by atoms with E-state index in [4.69, 9.17) is 5.11 Å². The van der Waals surface area contributed by atoms with Crippen LogP contribution in [0.2, 0.25) is 0 Å². The van der Waals surface area contributed by atoms with Crippen LogP contribution in [-0.2, 0) is 9.59 Å². The molecule has 102 valence electrons. The highest BCUT2D eigenvalue weighted by Gasteiger charge is 2.43. The zero-order valence-electron chi connectivity index (χ0n) is 11.2. The van der Waals surface area contributed by atoms with E-state index in [-0.39, 0.29) is 24.3 Å². The molecular weight excluding hydrogens is 242 g/mol. The molecular formula is C15H19NO3. The second-order valence-electron chi connectivity index (χ2n) is 5.38. The van der Waals surface area contributed by atoms with Gasteiger partial charge in [0.1, 0.15) is 6.54 Å². The highest BCUT2D eigenvalue weighted by atomic mass is 16.4. The Kier molecular flexibility index (Phi) is 3.88. The molecule has 1 saturated carbocycles. The van der Waals surface area contributed by atoms with E-state index in [1.165, 1.54) is 11.1 Å². The van der Waals surface area contributed by atoms with Crippen molar-refractivity contribution in [3.63, 3.8) is 0 Å². The van der Waals surface area contributed by atoms with E-state index in [9.17, 15) is 9.59 Å². The molecule has 2 N–H and O–H groups in total. The molecule has 4 nitrogen and oxygen atoms in total. The highest BCUT2D eigenvalue weighted by molar-refractivity contribution is 5.85. The van der Waals surface area contributed by atoms with Gasteiger partial charge in [0.2, 0.25) is 5.91 Å². The van der Waals surface area contributed by atoms with Gasteiger partial charge in [0.05, 0.1) is 0 Å². The average molecular weight is 261 g/mol. The maximum absolute atomic E-state index is 11.7. The molecule has 1 aliphatic rings. The van der Waals surface area contributed by atoms with Crippen LogP contribution < -0.4 is 5.32 Å². The van der Waals surface area contributed by atoms with Gasteiger partial charge in [-0.25, -0.2) is 0 Å². The number of benzene rings is 1. The standard InChI is InChI=1S/C15H19NO3/c1-9(2)10-3-5-11(6-4-10)12-7-13(12)15(19)16-8-14(17)18/h3-6,9,12-13H,7-8H2,1-2H3,(H,16,19)(H,17,18)/t12-,13-/m1/s1. The second-order valence-corrected chi connectivity index (χ2v) is 5.38. The van der Waals surface area contributed by atoms with Crippen molar-refractivity contribution in [2.45, 2.75) is 32.1 Å². The molecule has 0 unspecified atom stereocenters. The van der Waals surface area contributed by atoms with Gasteiger partial charge in [0.25, 0.3) is 0 Å². The lowest BCUT2D eigenvalue weighted by molar-refractivity contribution is -0.138. The van der Waals surface area contributed by atoms with Crippen molar-refractivity contribution in [2.75, 3.05) is 6.54 Å². The molecule has 4 heteroatoms. The molecule has 19 heavy (non-hydrogen) atoms. The average Bonchev–Trinajstić information content (AvgIpc) is 3.16. The van der Waals surface area contributed by atoms with E-state index in [1.54, 1.807) is 0 Å². The third-order valence-corrected chi connectivity index (χ3v) is 3.57. The van der Waals surface area contributed by atoms with Crippen LogP contribution in [0.25, 0.3) is 0 Å². The molecule has 0 heterocycles. The summed E-state index contributed by atoms with van der Waals surface area (Å²) in [6.45, 7) is 4.00. The quantitative estimate of drug-likeness (QED) is 0.853. The summed E-state index contributed by atoms with van der Waals surface area (Å²) in [5.41, 5.74) is 2.45. The first-order valence-corrected chi connectivity index (χ1v) is 6.58. The highest BCUT2D eigenvalue weighted by Crippen LogP contribution is 2.47. The van der Waals surface area contributed by atoms with Crippen molar-refractivity contribution in [3.8, 4) is 0 Å². The minimum Gasteiger partial charge on any atom is -0.480 e. The lowest BCUT2D eigenvalue weighted by Crippen LogP contribution is -2.30. The van der Waals surface area contributed by atoms with Crippen molar-refractivity contribution in [2.24, 2.45) is 5.92 Å². The predicted molar refractivity (Wildman–Crippen MR) is 72.0 cm³/mol. The second kappa shape index (κ2) is 5.43. The van der Waals surface area contributed by atoms with Crippen LogP contribution in [0.1, 0.15) is 43.2 Å². The number of rotatable bonds is 5. The Bertz CT molecular complexity index is 479. The van der Waals surface area contributed by atoms with E-state index in [2.05, 4.69) is 43.4 Å². The monoisotopic (exact) mass is 261 g/mol. The van der Waals surface area contributed by atoms with Crippen LogP contribution in [0.5, 0.6) is 0 Å². The van der Waals surface area contributed by atoms with Gasteiger partial charge in [-0.2, -0.15) is 0 Å². The Morgan fingerprint density at radius 2 is 1.95 bits per heavy atom. The number of nitrogens with one attached hydrogen (secondary N) is 1. The first-order valence-electron chi connectivity index (χ1n) is 6.58. The zero-order valence-corrected chi connectivity index (χ0v) is 11.2. The largest absolute Gasteiger partial charge is 0.480 e. The van der Waals surface area contributed by atoms with E-state index in [0.717, 1.165) is 6.42 Å². The van der Waals surface area contributed by atoms with Crippen molar-refractivity contribution >= 4 is 11.9 Å². The number of hydrogen-bond donors (Lipinski definition) is 2. The number of hydrogen-bond acceptors (Lipinski definition) is 2. The van der Waals surface area contributed by atoms with Gasteiger partial charge in [-0.1, -0.05) is 38.1 Å². The molecule has 2 rings (SSSR count). The first-order chi connectivity index (χ1) is 8.99.